The van der Waals surface area contributed by atoms with E-state index in [-0.39, 0.29) is 23.8 Å². The maximum absolute atomic E-state index is 13.5. The van der Waals surface area contributed by atoms with E-state index in [2.05, 4.69) is 4.72 Å². The molecule has 2 N–H and O–H groups in total. The van der Waals surface area contributed by atoms with Crippen LogP contribution in [0.3, 0.4) is 0 Å². The van der Waals surface area contributed by atoms with E-state index in [4.69, 9.17) is 9.84 Å². The number of sulfonamides is 1. The first-order valence-corrected chi connectivity index (χ1v) is 7.62. The summed E-state index contributed by atoms with van der Waals surface area (Å²) in [5.41, 5.74) is -0.113. The van der Waals surface area contributed by atoms with Gasteiger partial charge < -0.3 is 9.84 Å². The summed E-state index contributed by atoms with van der Waals surface area (Å²) in [6.45, 7) is -0.00549. The van der Waals surface area contributed by atoms with Crippen LogP contribution in [0.2, 0.25) is 0 Å². The van der Waals surface area contributed by atoms with Crippen molar-refractivity contribution in [3.05, 3.63) is 54.3 Å². The smallest absolute Gasteiger partial charge is 0.261 e. The number of rotatable bonds is 6. The van der Waals surface area contributed by atoms with Crippen molar-refractivity contribution in [1.29, 1.82) is 0 Å². The Morgan fingerprint density at radius 1 is 1.10 bits per heavy atom. The second-order valence-corrected chi connectivity index (χ2v) is 5.81. The molecule has 112 valence electrons. The van der Waals surface area contributed by atoms with Crippen LogP contribution in [-0.4, -0.2) is 26.7 Å². The van der Waals surface area contributed by atoms with Crippen molar-refractivity contribution in [2.45, 2.75) is 4.90 Å². The molecule has 21 heavy (non-hydrogen) atoms. The number of anilines is 1. The van der Waals surface area contributed by atoms with Gasteiger partial charge in [-0.15, -0.1) is 0 Å². The summed E-state index contributed by atoms with van der Waals surface area (Å²) in [7, 11) is -3.87. The highest BCUT2D eigenvalue weighted by molar-refractivity contribution is 7.92. The Bertz CT molecular complexity index is 701. The van der Waals surface area contributed by atoms with Gasteiger partial charge in [-0.3, -0.25) is 4.72 Å². The Morgan fingerprint density at radius 3 is 2.38 bits per heavy atom. The topological polar surface area (TPSA) is 75.6 Å². The number of benzene rings is 2. The van der Waals surface area contributed by atoms with Gasteiger partial charge in [0, 0.05) is 0 Å². The maximum Gasteiger partial charge on any atom is 0.261 e. The predicted octanol–water partition coefficient (Wildman–Crippen LogP) is 2.00. The summed E-state index contributed by atoms with van der Waals surface area (Å²) >= 11 is 0. The molecule has 0 spiro atoms. The fourth-order valence-electron chi connectivity index (χ4n) is 1.63. The zero-order valence-electron chi connectivity index (χ0n) is 11.0. The van der Waals surface area contributed by atoms with E-state index in [0.717, 1.165) is 0 Å². The van der Waals surface area contributed by atoms with Gasteiger partial charge in [-0.2, -0.15) is 0 Å². The lowest BCUT2D eigenvalue weighted by Crippen LogP contribution is -2.13. The van der Waals surface area contributed by atoms with Crippen LogP contribution in [0, 0.1) is 5.82 Å². The van der Waals surface area contributed by atoms with Gasteiger partial charge in [-0.05, 0) is 36.4 Å². The number of ether oxygens (including phenoxy) is 1. The van der Waals surface area contributed by atoms with Gasteiger partial charge in [0.1, 0.15) is 18.2 Å². The highest BCUT2D eigenvalue weighted by Crippen LogP contribution is 2.20. The van der Waals surface area contributed by atoms with Crippen molar-refractivity contribution in [1.82, 2.24) is 0 Å². The molecule has 0 bridgehead atoms. The molecule has 2 aromatic rings. The van der Waals surface area contributed by atoms with E-state index < -0.39 is 15.8 Å². The van der Waals surface area contributed by atoms with Gasteiger partial charge in [0.25, 0.3) is 10.0 Å². The Morgan fingerprint density at radius 2 is 1.76 bits per heavy atom. The fraction of sp³-hybridized carbons (Fsp3) is 0.143. The van der Waals surface area contributed by atoms with Gasteiger partial charge in [0.15, 0.2) is 0 Å². The summed E-state index contributed by atoms with van der Waals surface area (Å²) < 4.78 is 45.0. The van der Waals surface area contributed by atoms with Crippen molar-refractivity contribution in [2.24, 2.45) is 0 Å². The molecule has 0 amide bonds. The van der Waals surface area contributed by atoms with Crippen molar-refractivity contribution in [3.63, 3.8) is 0 Å². The lowest BCUT2D eigenvalue weighted by atomic mass is 10.3. The summed E-state index contributed by atoms with van der Waals surface area (Å²) in [6.07, 6.45) is 0. The first-order chi connectivity index (χ1) is 10.0. The van der Waals surface area contributed by atoms with Gasteiger partial charge in [-0.1, -0.05) is 12.1 Å². The van der Waals surface area contributed by atoms with Crippen LogP contribution in [0.5, 0.6) is 5.75 Å². The number of para-hydroxylation sites is 1. The molecule has 7 heteroatoms. The van der Waals surface area contributed by atoms with Crippen molar-refractivity contribution in [2.75, 3.05) is 17.9 Å². The second-order valence-electron chi connectivity index (χ2n) is 4.13. The average Bonchev–Trinajstić information content (AvgIpc) is 2.48. The van der Waals surface area contributed by atoms with Crippen molar-refractivity contribution >= 4 is 15.7 Å². The average molecular weight is 311 g/mol. The largest absolute Gasteiger partial charge is 0.491 e. The van der Waals surface area contributed by atoms with Crippen LogP contribution >= 0.6 is 0 Å². The molecule has 2 rings (SSSR count). The highest BCUT2D eigenvalue weighted by Gasteiger charge is 2.16. The molecule has 0 saturated heterocycles. The molecule has 0 aromatic heterocycles. The summed E-state index contributed by atoms with van der Waals surface area (Å²) in [5.74, 6) is -0.210. The quantitative estimate of drug-likeness (QED) is 0.855. The zero-order chi connectivity index (χ0) is 15.3. The SMILES string of the molecule is O=S(=O)(Nc1ccccc1F)c1ccc(OCCO)cc1. The minimum atomic E-state index is -3.87. The molecule has 0 unspecified atom stereocenters. The fourth-order valence-corrected chi connectivity index (χ4v) is 2.69. The Labute approximate surface area is 122 Å². The molecule has 0 fully saturated rings. The minimum Gasteiger partial charge on any atom is -0.491 e. The molecule has 2 aromatic carbocycles. The molecule has 5 nitrogen and oxygen atoms in total. The standard InChI is InChI=1S/C14H14FNO4S/c15-13-3-1-2-4-14(13)16-21(18,19)12-7-5-11(6-8-12)20-10-9-17/h1-8,16-17H,9-10H2. The van der Waals surface area contributed by atoms with Crippen LogP contribution in [0.1, 0.15) is 0 Å². The zero-order valence-corrected chi connectivity index (χ0v) is 11.8. The first kappa shape index (κ1) is 15.3. The molecular formula is C14H14FNO4S. The normalized spacial score (nSPS) is 11.1. The number of nitrogens with one attached hydrogen (secondary N) is 1. The van der Waals surface area contributed by atoms with E-state index in [9.17, 15) is 12.8 Å². The third-order valence-electron chi connectivity index (χ3n) is 2.61. The van der Waals surface area contributed by atoms with Gasteiger partial charge >= 0.3 is 0 Å². The number of halogens is 1. The van der Waals surface area contributed by atoms with Crippen molar-refractivity contribution < 1.29 is 22.7 Å². The lowest BCUT2D eigenvalue weighted by Gasteiger charge is -2.09. The molecule has 0 aliphatic rings. The number of hydrogen-bond donors (Lipinski definition) is 2. The molecule has 0 saturated carbocycles. The van der Waals surface area contributed by atoms with E-state index >= 15 is 0 Å². The van der Waals surface area contributed by atoms with Gasteiger partial charge in [-0.25, -0.2) is 12.8 Å². The minimum absolute atomic E-state index is 0.0119. The van der Waals surface area contributed by atoms with Crippen LogP contribution in [-0.2, 0) is 10.0 Å². The highest BCUT2D eigenvalue weighted by atomic mass is 32.2. The Kier molecular flexibility index (Phi) is 4.77. The monoisotopic (exact) mass is 311 g/mol. The molecule has 0 aliphatic heterocycles. The first-order valence-electron chi connectivity index (χ1n) is 6.14. The van der Waals surface area contributed by atoms with Crippen LogP contribution in [0.4, 0.5) is 10.1 Å². The summed E-state index contributed by atoms with van der Waals surface area (Å²) in [5, 5.41) is 8.64. The van der Waals surface area contributed by atoms with Crippen molar-refractivity contribution in [3.8, 4) is 5.75 Å². The van der Waals surface area contributed by atoms with Crippen LogP contribution in [0.15, 0.2) is 53.4 Å². The summed E-state index contributed by atoms with van der Waals surface area (Å²) in [4.78, 5) is -0.0119. The molecule has 0 atom stereocenters. The Hall–Kier alpha value is -2.12. The number of hydrogen-bond acceptors (Lipinski definition) is 4. The third-order valence-corrected chi connectivity index (χ3v) is 3.99. The van der Waals surface area contributed by atoms with Gasteiger partial charge in [0.2, 0.25) is 0 Å². The predicted molar refractivity (Wildman–Crippen MR) is 76.2 cm³/mol. The van der Waals surface area contributed by atoms with E-state index in [0.29, 0.717) is 5.75 Å². The lowest BCUT2D eigenvalue weighted by molar-refractivity contribution is 0.201. The molecule has 0 aliphatic carbocycles. The van der Waals surface area contributed by atoms with Gasteiger partial charge in [0.05, 0.1) is 17.2 Å². The van der Waals surface area contributed by atoms with E-state index in [1.807, 2.05) is 0 Å². The number of aliphatic hydroxyl groups is 1. The molecule has 0 heterocycles. The van der Waals surface area contributed by atoms with Crippen LogP contribution in [0.25, 0.3) is 0 Å². The maximum atomic E-state index is 13.5. The third kappa shape index (κ3) is 3.93. The molecule has 0 radical (unpaired) electrons. The van der Waals surface area contributed by atoms with Crippen LogP contribution < -0.4 is 9.46 Å². The summed E-state index contributed by atoms with van der Waals surface area (Å²) in [6, 6.07) is 11.1. The molecular weight excluding hydrogens is 297 g/mol. The second kappa shape index (κ2) is 6.55. The Balaban J connectivity index is 2.18. The number of aliphatic hydroxyl groups excluding tert-OH is 1. The van der Waals surface area contributed by atoms with E-state index in [1.54, 1.807) is 0 Å². The van der Waals surface area contributed by atoms with E-state index in [1.165, 1.54) is 48.5 Å².